The zero-order valence-corrected chi connectivity index (χ0v) is 13.9. The summed E-state index contributed by atoms with van der Waals surface area (Å²) in [5, 5.41) is 0. The summed E-state index contributed by atoms with van der Waals surface area (Å²) in [5.74, 6) is 1.45. The molecule has 0 unspecified atom stereocenters. The van der Waals surface area contributed by atoms with Crippen LogP contribution in [0.15, 0.2) is 29.3 Å². The quantitative estimate of drug-likeness (QED) is 0.834. The fourth-order valence-corrected chi connectivity index (χ4v) is 3.66. The van der Waals surface area contributed by atoms with E-state index in [2.05, 4.69) is 11.9 Å². The van der Waals surface area contributed by atoms with Gasteiger partial charge in [-0.25, -0.2) is 4.79 Å². The van der Waals surface area contributed by atoms with Crippen LogP contribution in [-0.4, -0.2) is 60.3 Å². The number of anilines is 1. The summed E-state index contributed by atoms with van der Waals surface area (Å²) in [6.07, 6.45) is 2.08. The molecule has 1 fully saturated rings. The molecular formula is C18H22N4O2. The third-order valence-electron chi connectivity index (χ3n) is 5.17. The van der Waals surface area contributed by atoms with Gasteiger partial charge in [0.2, 0.25) is 5.91 Å². The van der Waals surface area contributed by atoms with Gasteiger partial charge >= 0.3 is 6.03 Å². The number of para-hydroxylation sites is 1. The zero-order valence-electron chi connectivity index (χ0n) is 13.9. The monoisotopic (exact) mass is 326 g/mol. The van der Waals surface area contributed by atoms with E-state index in [0.29, 0.717) is 19.0 Å². The van der Waals surface area contributed by atoms with E-state index >= 15 is 0 Å². The van der Waals surface area contributed by atoms with Crippen LogP contribution >= 0.6 is 0 Å². The summed E-state index contributed by atoms with van der Waals surface area (Å²) in [6, 6.07) is 7.58. The first-order chi connectivity index (χ1) is 11.6. The Bertz CT molecular complexity index is 707. The summed E-state index contributed by atoms with van der Waals surface area (Å²) in [5.41, 5.74) is 1.73. The van der Waals surface area contributed by atoms with Gasteiger partial charge < -0.3 is 4.90 Å². The standard InChI is InChI=1S/C18H22N4O2/c1-13-6-9-20(10-7-13)16(23)12-22-15-5-3-2-4-14(15)17-19-8-11-21(17)18(22)24/h2-5,13H,6-12H2,1H3. The number of amides is 3. The average molecular weight is 326 g/mol. The number of carbonyl (C=O) groups excluding carboxylic acids is 2. The van der Waals surface area contributed by atoms with Crippen molar-refractivity contribution in [3.05, 3.63) is 29.8 Å². The Morgan fingerprint density at radius 3 is 2.75 bits per heavy atom. The second kappa shape index (κ2) is 5.92. The highest BCUT2D eigenvalue weighted by atomic mass is 16.2. The Labute approximate surface area is 141 Å². The van der Waals surface area contributed by atoms with Crippen LogP contribution in [0.2, 0.25) is 0 Å². The normalized spacial score (nSPS) is 20.8. The lowest BCUT2D eigenvalue weighted by molar-refractivity contribution is -0.130. The molecule has 0 radical (unpaired) electrons. The van der Waals surface area contributed by atoms with Crippen molar-refractivity contribution in [1.82, 2.24) is 9.80 Å². The van der Waals surface area contributed by atoms with Gasteiger partial charge in [-0.1, -0.05) is 19.1 Å². The van der Waals surface area contributed by atoms with Crippen LogP contribution in [0.4, 0.5) is 10.5 Å². The first-order valence-corrected chi connectivity index (χ1v) is 8.66. The van der Waals surface area contributed by atoms with E-state index < -0.39 is 0 Å². The smallest absolute Gasteiger partial charge is 0.330 e. The number of likely N-dealkylation sites (tertiary alicyclic amines) is 1. The van der Waals surface area contributed by atoms with Crippen molar-refractivity contribution in [2.24, 2.45) is 10.9 Å². The topological polar surface area (TPSA) is 56.2 Å². The molecular weight excluding hydrogens is 304 g/mol. The molecule has 3 heterocycles. The van der Waals surface area contributed by atoms with Crippen molar-refractivity contribution in [3.63, 3.8) is 0 Å². The Kier molecular flexibility index (Phi) is 3.75. The molecule has 3 aliphatic rings. The highest BCUT2D eigenvalue weighted by molar-refractivity contribution is 6.20. The molecule has 6 heteroatoms. The number of fused-ring (bicyclic) bond motifs is 3. The van der Waals surface area contributed by atoms with Crippen LogP contribution in [-0.2, 0) is 4.79 Å². The lowest BCUT2D eigenvalue weighted by Crippen LogP contribution is -2.53. The van der Waals surface area contributed by atoms with Crippen LogP contribution in [0.25, 0.3) is 0 Å². The number of benzene rings is 1. The minimum absolute atomic E-state index is 0.0321. The van der Waals surface area contributed by atoms with Gasteiger partial charge in [0, 0.05) is 25.2 Å². The maximum atomic E-state index is 12.8. The van der Waals surface area contributed by atoms with Gasteiger partial charge in [0.25, 0.3) is 0 Å². The van der Waals surface area contributed by atoms with Gasteiger partial charge in [-0.05, 0) is 30.9 Å². The van der Waals surface area contributed by atoms with Crippen LogP contribution in [0.5, 0.6) is 0 Å². The van der Waals surface area contributed by atoms with Gasteiger partial charge in [0.15, 0.2) is 0 Å². The largest absolute Gasteiger partial charge is 0.341 e. The molecule has 1 aromatic carbocycles. The first kappa shape index (κ1) is 15.2. The predicted octanol–water partition coefficient (Wildman–Crippen LogP) is 1.95. The Balaban J connectivity index is 1.59. The Morgan fingerprint density at radius 2 is 1.96 bits per heavy atom. The van der Waals surface area contributed by atoms with E-state index in [1.54, 1.807) is 9.80 Å². The van der Waals surface area contributed by atoms with E-state index in [-0.39, 0.29) is 18.5 Å². The number of urea groups is 1. The third-order valence-corrected chi connectivity index (χ3v) is 5.17. The molecule has 1 saturated heterocycles. The second-order valence-electron chi connectivity index (χ2n) is 6.81. The maximum absolute atomic E-state index is 12.8. The number of nitrogens with zero attached hydrogens (tertiary/aromatic N) is 4. The molecule has 0 aliphatic carbocycles. The van der Waals surface area contributed by atoms with E-state index in [4.69, 9.17) is 0 Å². The van der Waals surface area contributed by atoms with Crippen molar-refractivity contribution in [2.45, 2.75) is 19.8 Å². The molecule has 0 N–H and O–H groups in total. The number of hydrogen-bond donors (Lipinski definition) is 0. The maximum Gasteiger partial charge on any atom is 0.330 e. The molecule has 0 saturated carbocycles. The zero-order chi connectivity index (χ0) is 16.7. The molecule has 24 heavy (non-hydrogen) atoms. The SMILES string of the molecule is CC1CCN(C(=O)CN2C(=O)N3CCN=C3c3ccccc32)CC1. The van der Waals surface area contributed by atoms with Crippen molar-refractivity contribution in [1.29, 1.82) is 0 Å². The Hall–Kier alpha value is -2.37. The van der Waals surface area contributed by atoms with E-state index in [1.807, 2.05) is 29.2 Å². The summed E-state index contributed by atoms with van der Waals surface area (Å²) in [6.45, 7) is 5.13. The number of amidine groups is 1. The van der Waals surface area contributed by atoms with Gasteiger partial charge in [-0.2, -0.15) is 0 Å². The average Bonchev–Trinajstić information content (AvgIpc) is 3.09. The molecule has 0 atom stereocenters. The second-order valence-corrected chi connectivity index (χ2v) is 6.81. The van der Waals surface area contributed by atoms with Crippen LogP contribution in [0, 0.1) is 5.92 Å². The van der Waals surface area contributed by atoms with Gasteiger partial charge in [0.05, 0.1) is 12.2 Å². The lowest BCUT2D eigenvalue weighted by atomic mass is 9.99. The minimum Gasteiger partial charge on any atom is -0.341 e. The van der Waals surface area contributed by atoms with Crippen LogP contribution < -0.4 is 4.90 Å². The highest BCUT2D eigenvalue weighted by Gasteiger charge is 2.38. The first-order valence-electron chi connectivity index (χ1n) is 8.66. The van der Waals surface area contributed by atoms with Crippen molar-refractivity contribution in [2.75, 3.05) is 37.6 Å². The van der Waals surface area contributed by atoms with Gasteiger partial charge in [-0.3, -0.25) is 19.6 Å². The molecule has 0 aromatic heterocycles. The van der Waals surface area contributed by atoms with Gasteiger partial charge in [0.1, 0.15) is 12.4 Å². The molecule has 3 amide bonds. The fraction of sp³-hybridized carbons (Fsp3) is 0.500. The van der Waals surface area contributed by atoms with Gasteiger partial charge in [-0.15, -0.1) is 0 Å². The summed E-state index contributed by atoms with van der Waals surface area (Å²) < 4.78 is 0. The molecule has 3 aliphatic heterocycles. The van der Waals surface area contributed by atoms with E-state index in [1.165, 1.54) is 0 Å². The number of hydrogen-bond acceptors (Lipinski definition) is 3. The molecule has 0 spiro atoms. The number of aliphatic imine (C=N–C) groups is 1. The minimum atomic E-state index is -0.135. The van der Waals surface area contributed by atoms with Crippen molar-refractivity contribution < 1.29 is 9.59 Å². The molecule has 0 bridgehead atoms. The Morgan fingerprint density at radius 1 is 1.21 bits per heavy atom. The van der Waals surface area contributed by atoms with E-state index in [9.17, 15) is 9.59 Å². The predicted molar refractivity (Wildman–Crippen MR) is 92.3 cm³/mol. The molecule has 126 valence electrons. The summed E-state index contributed by atoms with van der Waals surface area (Å²) in [4.78, 5) is 35.2. The van der Waals surface area contributed by atoms with Crippen molar-refractivity contribution in [3.8, 4) is 0 Å². The fourth-order valence-electron chi connectivity index (χ4n) is 3.66. The number of carbonyl (C=O) groups is 2. The third kappa shape index (κ3) is 2.46. The molecule has 6 nitrogen and oxygen atoms in total. The lowest BCUT2D eigenvalue weighted by Gasteiger charge is -2.37. The highest BCUT2D eigenvalue weighted by Crippen LogP contribution is 2.30. The summed E-state index contributed by atoms with van der Waals surface area (Å²) >= 11 is 0. The number of rotatable bonds is 2. The molecule has 1 aromatic rings. The molecule has 4 rings (SSSR count). The van der Waals surface area contributed by atoms with Crippen LogP contribution in [0.3, 0.4) is 0 Å². The van der Waals surface area contributed by atoms with E-state index in [0.717, 1.165) is 43.0 Å². The van der Waals surface area contributed by atoms with Crippen LogP contribution in [0.1, 0.15) is 25.3 Å². The summed E-state index contributed by atoms with van der Waals surface area (Å²) in [7, 11) is 0. The number of piperidine rings is 1. The van der Waals surface area contributed by atoms with Crippen molar-refractivity contribution >= 4 is 23.5 Å².